The summed E-state index contributed by atoms with van der Waals surface area (Å²) in [7, 11) is 2.13. The number of nitrogens with zero attached hydrogens (tertiary/aromatic N) is 2. The molecule has 2 aromatic carbocycles. The summed E-state index contributed by atoms with van der Waals surface area (Å²) in [5.74, 6) is -0.493. The molecule has 1 N–H and O–H groups in total. The van der Waals surface area contributed by atoms with E-state index in [1.807, 2.05) is 31.2 Å². The molecule has 0 aliphatic carbocycles. The Kier molecular flexibility index (Phi) is 5.91. The minimum absolute atomic E-state index is 0.0710. The number of amides is 2. The molecule has 0 saturated carbocycles. The molecule has 1 saturated heterocycles. The van der Waals surface area contributed by atoms with Gasteiger partial charge in [-0.15, -0.1) is 0 Å². The minimum atomic E-state index is -0.463. The van der Waals surface area contributed by atoms with Gasteiger partial charge in [-0.05, 0) is 104 Å². The molecule has 2 amide bonds. The fourth-order valence-corrected chi connectivity index (χ4v) is 5.10. The molecule has 2 aromatic rings. The smallest absolute Gasteiger partial charge is 0.270 e. The molecule has 0 radical (unpaired) electrons. The Labute approximate surface area is 201 Å². The number of hydrogen-bond donors (Lipinski definition) is 1. The van der Waals surface area contributed by atoms with Gasteiger partial charge in [-0.3, -0.25) is 19.8 Å². The molecule has 4 rings (SSSR count). The lowest BCUT2D eigenvalue weighted by atomic mass is 9.79. The molecule has 172 valence electrons. The number of anilines is 2. The van der Waals surface area contributed by atoms with Crippen LogP contribution in [-0.4, -0.2) is 29.5 Å². The number of nitrogens with one attached hydrogen (secondary N) is 1. The Morgan fingerprint density at radius 3 is 2.48 bits per heavy atom. The third kappa shape index (κ3) is 4.08. The van der Waals surface area contributed by atoms with Crippen LogP contribution in [0, 0.1) is 6.92 Å². The first-order chi connectivity index (χ1) is 15.5. The van der Waals surface area contributed by atoms with E-state index in [4.69, 9.17) is 12.2 Å². The highest BCUT2D eigenvalue weighted by atomic mass is 32.1. The maximum atomic E-state index is 13.4. The van der Waals surface area contributed by atoms with Crippen LogP contribution in [0.15, 0.2) is 42.0 Å². The number of thiocarbonyl (C=S) groups is 1. The lowest BCUT2D eigenvalue weighted by Crippen LogP contribution is -2.54. The van der Waals surface area contributed by atoms with Crippen molar-refractivity contribution in [2.24, 2.45) is 0 Å². The Balaban J connectivity index is 1.75. The molecule has 1 unspecified atom stereocenters. The van der Waals surface area contributed by atoms with Gasteiger partial charge in [-0.2, -0.15) is 0 Å². The lowest BCUT2D eigenvalue weighted by Gasteiger charge is -2.45. The second kappa shape index (κ2) is 8.41. The van der Waals surface area contributed by atoms with Gasteiger partial charge in [0.1, 0.15) is 5.57 Å². The summed E-state index contributed by atoms with van der Waals surface area (Å²) in [6.45, 7) is 10.8. The van der Waals surface area contributed by atoms with Crippen molar-refractivity contribution in [1.29, 1.82) is 0 Å². The van der Waals surface area contributed by atoms with Crippen molar-refractivity contribution in [1.82, 2.24) is 5.32 Å². The van der Waals surface area contributed by atoms with E-state index in [0.29, 0.717) is 11.6 Å². The highest BCUT2D eigenvalue weighted by molar-refractivity contribution is 7.80. The number of benzene rings is 2. The summed E-state index contributed by atoms with van der Waals surface area (Å²) in [4.78, 5) is 29.9. The largest absolute Gasteiger partial charge is 0.369 e. The van der Waals surface area contributed by atoms with E-state index < -0.39 is 11.8 Å². The van der Waals surface area contributed by atoms with Crippen LogP contribution in [0.1, 0.15) is 62.3 Å². The molecule has 0 spiro atoms. The molecular weight excluding hydrogens is 430 g/mol. The molecule has 0 aromatic heterocycles. The first kappa shape index (κ1) is 23.2. The zero-order chi connectivity index (χ0) is 24.1. The molecule has 5 nitrogen and oxygen atoms in total. The highest BCUT2D eigenvalue weighted by Crippen LogP contribution is 2.43. The minimum Gasteiger partial charge on any atom is -0.369 e. The molecular formula is C27H31N3O2S. The molecule has 6 heteroatoms. The van der Waals surface area contributed by atoms with E-state index in [-0.39, 0.29) is 16.2 Å². The number of carbonyl (C=O) groups excluding carboxylic acids is 2. The topological polar surface area (TPSA) is 52.7 Å². The molecule has 1 atom stereocenters. The average Bonchev–Trinajstić information content (AvgIpc) is 2.75. The van der Waals surface area contributed by atoms with Gasteiger partial charge in [0, 0.05) is 18.3 Å². The van der Waals surface area contributed by atoms with Gasteiger partial charge in [0.15, 0.2) is 5.11 Å². The number of fused-ring (bicyclic) bond motifs is 1. The SMILES string of the molecule is CCc1ccc(N2C(=O)/C(=C/c3cc4c(cc3C)N(C)C(C)(C)CC4C)C(=O)NC2=S)cc1. The average molecular weight is 462 g/mol. The summed E-state index contributed by atoms with van der Waals surface area (Å²) in [6, 6.07) is 12.0. The third-order valence-electron chi connectivity index (χ3n) is 7.03. The van der Waals surface area contributed by atoms with Gasteiger partial charge >= 0.3 is 0 Å². The number of hydrogen-bond acceptors (Lipinski definition) is 4. The number of rotatable bonds is 3. The first-order valence-corrected chi connectivity index (χ1v) is 11.8. The van der Waals surface area contributed by atoms with Crippen molar-refractivity contribution in [3.05, 3.63) is 64.2 Å². The van der Waals surface area contributed by atoms with Crippen LogP contribution in [0.2, 0.25) is 0 Å². The maximum absolute atomic E-state index is 13.4. The fraction of sp³-hybridized carbons (Fsp3) is 0.370. The molecule has 33 heavy (non-hydrogen) atoms. The van der Waals surface area contributed by atoms with Crippen molar-refractivity contribution in [3.8, 4) is 0 Å². The van der Waals surface area contributed by atoms with Gasteiger partial charge in [0.25, 0.3) is 11.8 Å². The van der Waals surface area contributed by atoms with Gasteiger partial charge in [0.05, 0.1) is 5.69 Å². The monoisotopic (exact) mass is 461 g/mol. The second-order valence-electron chi connectivity index (χ2n) is 9.72. The van der Waals surface area contributed by atoms with Crippen LogP contribution in [0.3, 0.4) is 0 Å². The molecule has 2 aliphatic rings. The van der Waals surface area contributed by atoms with Gasteiger partial charge in [-0.1, -0.05) is 26.0 Å². The van der Waals surface area contributed by atoms with Crippen LogP contribution in [0.5, 0.6) is 0 Å². The second-order valence-corrected chi connectivity index (χ2v) is 10.1. The summed E-state index contributed by atoms with van der Waals surface area (Å²) in [6.07, 6.45) is 3.64. The van der Waals surface area contributed by atoms with E-state index in [1.54, 1.807) is 6.08 Å². The van der Waals surface area contributed by atoms with Crippen molar-refractivity contribution < 1.29 is 9.59 Å². The molecule has 2 aliphatic heterocycles. The van der Waals surface area contributed by atoms with Crippen molar-refractivity contribution in [2.75, 3.05) is 16.8 Å². The summed E-state index contributed by atoms with van der Waals surface area (Å²) in [5.41, 5.74) is 6.31. The van der Waals surface area contributed by atoms with Crippen LogP contribution in [0.25, 0.3) is 6.08 Å². The molecule has 2 heterocycles. The first-order valence-electron chi connectivity index (χ1n) is 11.4. The predicted molar refractivity (Wildman–Crippen MR) is 139 cm³/mol. The summed E-state index contributed by atoms with van der Waals surface area (Å²) >= 11 is 5.34. The summed E-state index contributed by atoms with van der Waals surface area (Å²) in [5, 5.41) is 2.79. The number of aryl methyl sites for hydroxylation is 2. The van der Waals surface area contributed by atoms with E-state index in [1.165, 1.54) is 21.7 Å². The van der Waals surface area contributed by atoms with Crippen LogP contribution < -0.4 is 15.1 Å². The highest BCUT2D eigenvalue weighted by Gasteiger charge is 2.36. The Hall–Kier alpha value is -2.99. The Bertz CT molecular complexity index is 1180. The van der Waals surface area contributed by atoms with Crippen LogP contribution in [-0.2, 0) is 16.0 Å². The van der Waals surface area contributed by atoms with Crippen molar-refractivity contribution in [2.45, 2.75) is 58.9 Å². The standard InChI is InChI=1S/C27H31N3O2S/c1-7-18-8-10-20(11-9-18)30-25(32)22(24(31)28-26(30)33)14-19-13-21-17(3)15-27(4,5)29(6)23(21)12-16(19)2/h8-14,17H,7,15H2,1-6H3,(H,28,31,33)/b22-14+. The van der Waals surface area contributed by atoms with Gasteiger partial charge in [-0.25, -0.2) is 0 Å². The molecule has 1 fully saturated rings. The quantitative estimate of drug-likeness (QED) is 0.392. The summed E-state index contributed by atoms with van der Waals surface area (Å²) < 4.78 is 0. The zero-order valence-electron chi connectivity index (χ0n) is 20.2. The fourth-order valence-electron chi connectivity index (χ4n) is 4.82. The predicted octanol–water partition coefficient (Wildman–Crippen LogP) is 5.11. The Morgan fingerprint density at radius 2 is 1.85 bits per heavy atom. The third-order valence-corrected chi connectivity index (χ3v) is 7.31. The van der Waals surface area contributed by atoms with E-state index >= 15 is 0 Å². The van der Waals surface area contributed by atoms with Crippen molar-refractivity contribution >= 4 is 46.6 Å². The van der Waals surface area contributed by atoms with Gasteiger partial charge < -0.3 is 4.90 Å². The van der Waals surface area contributed by atoms with E-state index in [2.05, 4.69) is 57.1 Å². The van der Waals surface area contributed by atoms with E-state index in [9.17, 15) is 9.59 Å². The van der Waals surface area contributed by atoms with E-state index in [0.717, 1.165) is 24.0 Å². The zero-order valence-corrected chi connectivity index (χ0v) is 21.0. The normalized spacial score (nSPS) is 21.3. The van der Waals surface area contributed by atoms with Gasteiger partial charge in [0.2, 0.25) is 0 Å². The van der Waals surface area contributed by atoms with Crippen molar-refractivity contribution in [3.63, 3.8) is 0 Å². The lowest BCUT2D eigenvalue weighted by molar-refractivity contribution is -0.122. The van der Waals surface area contributed by atoms with Crippen LogP contribution >= 0.6 is 12.2 Å². The number of carbonyl (C=O) groups is 2. The maximum Gasteiger partial charge on any atom is 0.270 e. The Morgan fingerprint density at radius 1 is 1.18 bits per heavy atom. The van der Waals surface area contributed by atoms with Crippen LogP contribution in [0.4, 0.5) is 11.4 Å². The molecule has 0 bridgehead atoms.